The largest absolute Gasteiger partial charge is 0.355 e. The van der Waals surface area contributed by atoms with Gasteiger partial charge in [0.2, 0.25) is 11.8 Å². The Balaban J connectivity index is 2.12. The number of rotatable bonds is 6. The van der Waals surface area contributed by atoms with Crippen molar-refractivity contribution in [1.82, 2.24) is 15.1 Å². The van der Waals surface area contributed by atoms with Crippen molar-refractivity contribution in [2.45, 2.75) is 33.1 Å². The molecule has 1 fully saturated rings. The topological polar surface area (TPSA) is 52.7 Å². The van der Waals surface area contributed by atoms with Gasteiger partial charge in [-0.2, -0.15) is 0 Å². The van der Waals surface area contributed by atoms with Crippen LogP contribution in [0.15, 0.2) is 0 Å². The van der Waals surface area contributed by atoms with Gasteiger partial charge in [-0.15, -0.1) is 0 Å². The van der Waals surface area contributed by atoms with Crippen molar-refractivity contribution < 1.29 is 9.59 Å². The van der Waals surface area contributed by atoms with Gasteiger partial charge in [0.1, 0.15) is 0 Å². The maximum atomic E-state index is 11.7. The van der Waals surface area contributed by atoms with Crippen LogP contribution in [0.1, 0.15) is 33.1 Å². The molecule has 0 spiro atoms. The van der Waals surface area contributed by atoms with Crippen molar-refractivity contribution in [3.05, 3.63) is 0 Å². The molecule has 0 saturated carbocycles. The van der Waals surface area contributed by atoms with Crippen LogP contribution in [0.5, 0.6) is 0 Å². The molecule has 0 bridgehead atoms. The van der Waals surface area contributed by atoms with Crippen molar-refractivity contribution in [1.29, 1.82) is 0 Å². The Morgan fingerprint density at radius 3 is 2.33 bits per heavy atom. The van der Waals surface area contributed by atoms with Gasteiger partial charge in [0.05, 0.1) is 6.54 Å². The summed E-state index contributed by atoms with van der Waals surface area (Å²) in [4.78, 5) is 26.7. The quantitative estimate of drug-likeness (QED) is 0.701. The summed E-state index contributed by atoms with van der Waals surface area (Å²) in [6, 6.07) is 0. The van der Waals surface area contributed by atoms with Gasteiger partial charge in [-0.25, -0.2) is 0 Å². The standard InChI is InChI=1S/C13H25N3O2/c1-3-4-5-6-14-13(18)11-15-7-9-16(10-8-15)12(2)17/h3-11H2,1-2H3,(H,14,18). The Morgan fingerprint density at radius 2 is 1.78 bits per heavy atom. The summed E-state index contributed by atoms with van der Waals surface area (Å²) in [6.45, 7) is 8.03. The zero-order valence-electron chi connectivity index (χ0n) is 11.6. The lowest BCUT2D eigenvalue weighted by atomic mass is 10.2. The minimum Gasteiger partial charge on any atom is -0.355 e. The molecule has 5 heteroatoms. The van der Waals surface area contributed by atoms with Crippen LogP contribution < -0.4 is 5.32 Å². The number of unbranched alkanes of at least 4 members (excludes halogenated alkanes) is 2. The predicted molar refractivity (Wildman–Crippen MR) is 71.2 cm³/mol. The highest BCUT2D eigenvalue weighted by atomic mass is 16.2. The molecule has 1 aliphatic rings. The van der Waals surface area contributed by atoms with Crippen molar-refractivity contribution in [2.75, 3.05) is 39.3 Å². The molecule has 0 radical (unpaired) electrons. The summed E-state index contributed by atoms with van der Waals surface area (Å²) >= 11 is 0. The molecule has 0 aliphatic carbocycles. The van der Waals surface area contributed by atoms with Gasteiger partial charge in [-0.1, -0.05) is 19.8 Å². The monoisotopic (exact) mass is 255 g/mol. The van der Waals surface area contributed by atoms with E-state index in [1.165, 1.54) is 6.42 Å². The fourth-order valence-corrected chi connectivity index (χ4v) is 2.08. The Bertz CT molecular complexity index is 273. The van der Waals surface area contributed by atoms with Gasteiger partial charge < -0.3 is 10.2 Å². The number of hydrogen-bond donors (Lipinski definition) is 1. The molecular formula is C13H25N3O2. The molecule has 104 valence electrons. The summed E-state index contributed by atoms with van der Waals surface area (Å²) in [5, 5.41) is 2.94. The smallest absolute Gasteiger partial charge is 0.234 e. The average molecular weight is 255 g/mol. The molecule has 1 heterocycles. The Kier molecular flexibility index (Phi) is 6.72. The van der Waals surface area contributed by atoms with Crippen LogP contribution >= 0.6 is 0 Å². The Hall–Kier alpha value is -1.10. The maximum Gasteiger partial charge on any atom is 0.234 e. The molecular weight excluding hydrogens is 230 g/mol. The second-order valence-corrected chi connectivity index (χ2v) is 4.84. The second-order valence-electron chi connectivity index (χ2n) is 4.84. The van der Waals surface area contributed by atoms with Crippen LogP contribution in [0.2, 0.25) is 0 Å². The van der Waals surface area contributed by atoms with Gasteiger partial charge in [0.25, 0.3) is 0 Å². The third kappa shape index (κ3) is 5.49. The average Bonchev–Trinajstić information content (AvgIpc) is 2.35. The normalized spacial score (nSPS) is 16.7. The first-order chi connectivity index (χ1) is 8.63. The predicted octanol–water partition coefficient (Wildman–Crippen LogP) is 0.457. The number of nitrogens with zero attached hydrogens (tertiary/aromatic N) is 2. The molecule has 1 N–H and O–H groups in total. The summed E-state index contributed by atoms with van der Waals surface area (Å²) in [6.07, 6.45) is 3.39. The van der Waals surface area contributed by atoms with E-state index in [0.29, 0.717) is 6.54 Å². The molecule has 0 aromatic carbocycles. The molecule has 18 heavy (non-hydrogen) atoms. The molecule has 0 aromatic heterocycles. The number of carbonyl (C=O) groups excluding carboxylic acids is 2. The highest BCUT2D eigenvalue weighted by molar-refractivity contribution is 5.78. The van der Waals surface area contributed by atoms with Gasteiger partial charge >= 0.3 is 0 Å². The van der Waals surface area contributed by atoms with Crippen LogP contribution in [-0.2, 0) is 9.59 Å². The third-order valence-corrected chi connectivity index (χ3v) is 3.29. The lowest BCUT2D eigenvalue weighted by molar-refractivity contribution is -0.131. The lowest BCUT2D eigenvalue weighted by Crippen LogP contribution is -2.50. The van der Waals surface area contributed by atoms with E-state index in [0.717, 1.165) is 45.6 Å². The van der Waals surface area contributed by atoms with Crippen molar-refractivity contribution in [2.24, 2.45) is 0 Å². The number of hydrogen-bond acceptors (Lipinski definition) is 3. The van der Waals surface area contributed by atoms with Gasteiger partial charge in [-0.05, 0) is 6.42 Å². The van der Waals surface area contributed by atoms with E-state index < -0.39 is 0 Å². The van der Waals surface area contributed by atoms with E-state index in [2.05, 4.69) is 17.1 Å². The van der Waals surface area contributed by atoms with E-state index in [1.807, 2.05) is 4.90 Å². The lowest BCUT2D eigenvalue weighted by Gasteiger charge is -2.33. The molecule has 0 aromatic rings. The van der Waals surface area contributed by atoms with E-state index in [4.69, 9.17) is 0 Å². The van der Waals surface area contributed by atoms with Crippen LogP contribution in [0.25, 0.3) is 0 Å². The fraction of sp³-hybridized carbons (Fsp3) is 0.846. The first-order valence-corrected chi connectivity index (χ1v) is 6.88. The Labute approximate surface area is 110 Å². The molecule has 0 unspecified atom stereocenters. The van der Waals surface area contributed by atoms with Crippen LogP contribution in [0.4, 0.5) is 0 Å². The van der Waals surface area contributed by atoms with Crippen molar-refractivity contribution in [3.8, 4) is 0 Å². The molecule has 1 aliphatic heterocycles. The summed E-state index contributed by atoms with van der Waals surface area (Å²) < 4.78 is 0. The minimum atomic E-state index is 0.0994. The van der Waals surface area contributed by atoms with Crippen molar-refractivity contribution in [3.63, 3.8) is 0 Å². The number of carbonyl (C=O) groups is 2. The zero-order valence-corrected chi connectivity index (χ0v) is 11.6. The van der Waals surface area contributed by atoms with Gasteiger partial charge in [0.15, 0.2) is 0 Å². The number of nitrogens with one attached hydrogen (secondary N) is 1. The van der Waals surface area contributed by atoms with E-state index >= 15 is 0 Å². The highest BCUT2D eigenvalue weighted by Crippen LogP contribution is 2.01. The van der Waals surface area contributed by atoms with Crippen LogP contribution in [0, 0.1) is 0 Å². The van der Waals surface area contributed by atoms with Crippen LogP contribution in [0.3, 0.4) is 0 Å². The van der Waals surface area contributed by atoms with E-state index in [1.54, 1.807) is 6.92 Å². The highest BCUT2D eigenvalue weighted by Gasteiger charge is 2.19. The van der Waals surface area contributed by atoms with E-state index in [9.17, 15) is 9.59 Å². The maximum absolute atomic E-state index is 11.7. The first-order valence-electron chi connectivity index (χ1n) is 6.88. The summed E-state index contributed by atoms with van der Waals surface area (Å²) in [5.41, 5.74) is 0. The first kappa shape index (κ1) is 15.0. The van der Waals surface area contributed by atoms with E-state index in [-0.39, 0.29) is 11.8 Å². The molecule has 0 atom stereocenters. The Morgan fingerprint density at radius 1 is 1.11 bits per heavy atom. The number of piperazine rings is 1. The third-order valence-electron chi connectivity index (χ3n) is 3.29. The molecule has 2 amide bonds. The number of amides is 2. The summed E-state index contributed by atoms with van der Waals surface area (Å²) in [5.74, 6) is 0.223. The van der Waals surface area contributed by atoms with Crippen molar-refractivity contribution >= 4 is 11.8 Å². The minimum absolute atomic E-state index is 0.0994. The molecule has 1 rings (SSSR count). The zero-order chi connectivity index (χ0) is 13.4. The van der Waals surface area contributed by atoms with Gasteiger partial charge in [-0.3, -0.25) is 14.5 Å². The fourth-order valence-electron chi connectivity index (χ4n) is 2.08. The SMILES string of the molecule is CCCCCNC(=O)CN1CCN(C(C)=O)CC1. The second kappa shape index (κ2) is 8.08. The molecule has 1 saturated heterocycles. The van der Waals surface area contributed by atoms with Gasteiger partial charge in [0, 0.05) is 39.6 Å². The molecule has 5 nitrogen and oxygen atoms in total. The van der Waals surface area contributed by atoms with Crippen LogP contribution in [-0.4, -0.2) is 60.9 Å². The summed E-state index contributed by atoms with van der Waals surface area (Å²) in [7, 11) is 0.